The van der Waals surface area contributed by atoms with E-state index in [9.17, 15) is 14.9 Å². The fourth-order valence-corrected chi connectivity index (χ4v) is 2.78. The number of hydrogen-bond donors (Lipinski definition) is 1. The third kappa shape index (κ3) is 3.34. The first-order valence-corrected chi connectivity index (χ1v) is 7.21. The minimum absolute atomic E-state index is 0.0172. The highest BCUT2D eigenvalue weighted by molar-refractivity contribution is 9.10. The average molecular weight is 342 g/mol. The molecule has 1 saturated heterocycles. The van der Waals surface area contributed by atoms with Crippen molar-refractivity contribution in [1.29, 1.82) is 0 Å². The summed E-state index contributed by atoms with van der Waals surface area (Å²) in [7, 11) is 0. The summed E-state index contributed by atoms with van der Waals surface area (Å²) in [6.45, 7) is 4.31. The Labute approximate surface area is 125 Å². The van der Waals surface area contributed by atoms with Crippen LogP contribution in [0.2, 0.25) is 0 Å². The van der Waals surface area contributed by atoms with Gasteiger partial charge in [0.1, 0.15) is 0 Å². The van der Waals surface area contributed by atoms with Crippen molar-refractivity contribution in [2.45, 2.75) is 19.4 Å². The first-order chi connectivity index (χ1) is 9.49. The number of piperazine rings is 1. The number of amides is 1. The predicted octanol–water partition coefficient (Wildman–Crippen LogP) is 1.72. The number of halogens is 1. The Morgan fingerprint density at radius 3 is 2.95 bits per heavy atom. The number of benzene rings is 1. The lowest BCUT2D eigenvalue weighted by molar-refractivity contribution is -0.384. The fraction of sp³-hybridized carbons (Fsp3) is 0.462. The summed E-state index contributed by atoms with van der Waals surface area (Å²) in [5.41, 5.74) is 0.787. The normalized spacial score (nSPS) is 18.9. The van der Waals surface area contributed by atoms with Gasteiger partial charge in [-0.05, 0) is 12.5 Å². The summed E-state index contributed by atoms with van der Waals surface area (Å²) in [4.78, 5) is 24.4. The standard InChI is InChI=1S/C13H16BrN3O3/c1-9-8-15-4-5-16(9)13(18)6-10-2-3-11(17(19)20)7-12(10)14/h2-3,7,9,15H,4-6,8H2,1H3. The van der Waals surface area contributed by atoms with Gasteiger partial charge in [-0.15, -0.1) is 0 Å². The monoisotopic (exact) mass is 341 g/mol. The molecule has 2 rings (SSSR count). The van der Waals surface area contributed by atoms with E-state index in [1.165, 1.54) is 12.1 Å². The maximum Gasteiger partial charge on any atom is 0.270 e. The van der Waals surface area contributed by atoms with E-state index in [1.807, 2.05) is 11.8 Å². The number of rotatable bonds is 3. The van der Waals surface area contributed by atoms with Gasteiger partial charge < -0.3 is 10.2 Å². The molecule has 0 spiro atoms. The smallest absolute Gasteiger partial charge is 0.270 e. The predicted molar refractivity (Wildman–Crippen MR) is 78.5 cm³/mol. The lowest BCUT2D eigenvalue weighted by Gasteiger charge is -2.34. The molecule has 6 nitrogen and oxygen atoms in total. The lowest BCUT2D eigenvalue weighted by atomic mass is 10.1. The van der Waals surface area contributed by atoms with Gasteiger partial charge in [0.25, 0.3) is 5.69 Å². The van der Waals surface area contributed by atoms with E-state index in [-0.39, 0.29) is 24.1 Å². The van der Waals surface area contributed by atoms with Crippen LogP contribution in [0.25, 0.3) is 0 Å². The third-order valence-electron chi connectivity index (χ3n) is 3.41. The number of nitrogens with one attached hydrogen (secondary N) is 1. The first-order valence-electron chi connectivity index (χ1n) is 6.42. The first kappa shape index (κ1) is 14.9. The second-order valence-electron chi connectivity index (χ2n) is 4.85. The molecule has 7 heteroatoms. The van der Waals surface area contributed by atoms with Crippen LogP contribution in [0.5, 0.6) is 0 Å². The van der Waals surface area contributed by atoms with Crippen molar-refractivity contribution in [3.63, 3.8) is 0 Å². The number of non-ortho nitro benzene ring substituents is 1. The highest BCUT2D eigenvalue weighted by Crippen LogP contribution is 2.24. The number of nitro groups is 1. The summed E-state index contributed by atoms with van der Waals surface area (Å²) in [5, 5.41) is 13.9. The maximum absolute atomic E-state index is 12.3. The molecule has 1 atom stereocenters. The molecular weight excluding hydrogens is 326 g/mol. The molecule has 20 heavy (non-hydrogen) atoms. The quantitative estimate of drug-likeness (QED) is 0.670. The maximum atomic E-state index is 12.3. The van der Waals surface area contributed by atoms with Crippen LogP contribution >= 0.6 is 15.9 Å². The van der Waals surface area contributed by atoms with Crippen LogP contribution in [-0.4, -0.2) is 41.4 Å². The lowest BCUT2D eigenvalue weighted by Crippen LogP contribution is -2.52. The molecule has 1 aliphatic heterocycles. The van der Waals surface area contributed by atoms with Crippen LogP contribution < -0.4 is 5.32 Å². The van der Waals surface area contributed by atoms with Crippen molar-refractivity contribution in [3.8, 4) is 0 Å². The summed E-state index contributed by atoms with van der Waals surface area (Å²) in [6.07, 6.45) is 0.253. The highest BCUT2D eigenvalue weighted by atomic mass is 79.9. The fourth-order valence-electron chi connectivity index (χ4n) is 2.27. The topological polar surface area (TPSA) is 75.5 Å². The molecule has 0 aliphatic carbocycles. The Balaban J connectivity index is 2.09. The molecule has 1 heterocycles. The molecule has 1 N–H and O–H groups in total. The van der Waals surface area contributed by atoms with Crippen molar-refractivity contribution in [2.24, 2.45) is 0 Å². The SMILES string of the molecule is CC1CNCCN1C(=O)Cc1ccc([N+](=O)[O-])cc1Br. The number of carbonyl (C=O) groups is 1. The molecule has 1 unspecified atom stereocenters. The van der Waals surface area contributed by atoms with Crippen LogP contribution in [0.4, 0.5) is 5.69 Å². The minimum Gasteiger partial charge on any atom is -0.337 e. The van der Waals surface area contributed by atoms with Gasteiger partial charge >= 0.3 is 0 Å². The average Bonchev–Trinajstić information content (AvgIpc) is 2.41. The number of hydrogen-bond acceptors (Lipinski definition) is 4. The highest BCUT2D eigenvalue weighted by Gasteiger charge is 2.23. The van der Waals surface area contributed by atoms with E-state index in [2.05, 4.69) is 21.2 Å². The molecule has 0 bridgehead atoms. The van der Waals surface area contributed by atoms with Crippen molar-refractivity contribution in [2.75, 3.05) is 19.6 Å². The largest absolute Gasteiger partial charge is 0.337 e. The summed E-state index contributed by atoms with van der Waals surface area (Å²) in [6, 6.07) is 4.67. The van der Waals surface area contributed by atoms with Gasteiger partial charge in [0.15, 0.2) is 0 Å². The second-order valence-corrected chi connectivity index (χ2v) is 5.70. The zero-order valence-corrected chi connectivity index (χ0v) is 12.7. The van der Waals surface area contributed by atoms with Crippen molar-refractivity contribution in [3.05, 3.63) is 38.3 Å². The van der Waals surface area contributed by atoms with Crippen molar-refractivity contribution in [1.82, 2.24) is 10.2 Å². The molecule has 1 amide bonds. The second kappa shape index (κ2) is 6.32. The van der Waals surface area contributed by atoms with Crippen molar-refractivity contribution < 1.29 is 9.72 Å². The molecule has 1 aromatic rings. The molecule has 0 radical (unpaired) electrons. The Kier molecular flexibility index (Phi) is 4.72. The molecule has 1 aromatic carbocycles. The zero-order valence-electron chi connectivity index (χ0n) is 11.1. The molecule has 1 fully saturated rings. The van der Waals surface area contributed by atoms with Crippen LogP contribution in [0.3, 0.4) is 0 Å². The Bertz CT molecular complexity index is 536. The van der Waals surface area contributed by atoms with E-state index < -0.39 is 4.92 Å². The Hall–Kier alpha value is -1.47. The van der Waals surface area contributed by atoms with Crippen LogP contribution in [0.1, 0.15) is 12.5 Å². The van der Waals surface area contributed by atoms with E-state index in [0.29, 0.717) is 11.0 Å². The third-order valence-corrected chi connectivity index (χ3v) is 4.15. The van der Waals surface area contributed by atoms with Gasteiger partial charge in [0.05, 0.1) is 11.3 Å². The molecule has 108 valence electrons. The Morgan fingerprint density at radius 1 is 1.60 bits per heavy atom. The summed E-state index contributed by atoms with van der Waals surface area (Å²) in [5.74, 6) is 0.0496. The van der Waals surface area contributed by atoms with E-state index in [0.717, 1.165) is 18.7 Å². The van der Waals surface area contributed by atoms with Gasteiger partial charge in [-0.1, -0.05) is 22.0 Å². The van der Waals surface area contributed by atoms with Crippen LogP contribution in [-0.2, 0) is 11.2 Å². The van der Waals surface area contributed by atoms with Gasteiger partial charge in [-0.25, -0.2) is 0 Å². The van der Waals surface area contributed by atoms with Crippen molar-refractivity contribution >= 4 is 27.5 Å². The van der Waals surface area contributed by atoms with E-state index >= 15 is 0 Å². The molecular formula is C13H16BrN3O3. The molecule has 0 saturated carbocycles. The van der Waals surface area contributed by atoms with Gasteiger partial charge in [0.2, 0.25) is 5.91 Å². The summed E-state index contributed by atoms with van der Waals surface area (Å²) < 4.78 is 0.600. The minimum atomic E-state index is -0.450. The van der Waals surface area contributed by atoms with Gasteiger partial charge in [-0.2, -0.15) is 0 Å². The number of nitro benzene ring substituents is 1. The number of nitrogens with zero attached hydrogens (tertiary/aromatic N) is 2. The van der Waals surface area contributed by atoms with E-state index in [4.69, 9.17) is 0 Å². The number of carbonyl (C=O) groups excluding carboxylic acids is 1. The molecule has 0 aromatic heterocycles. The van der Waals surface area contributed by atoms with Crippen LogP contribution in [0.15, 0.2) is 22.7 Å². The molecule has 1 aliphatic rings. The van der Waals surface area contributed by atoms with Gasteiger partial charge in [-0.3, -0.25) is 14.9 Å². The van der Waals surface area contributed by atoms with Crippen LogP contribution in [0, 0.1) is 10.1 Å². The van der Waals surface area contributed by atoms with Gasteiger partial charge in [0, 0.05) is 42.3 Å². The Morgan fingerprint density at radius 2 is 2.35 bits per heavy atom. The zero-order chi connectivity index (χ0) is 14.7. The summed E-state index contributed by atoms with van der Waals surface area (Å²) >= 11 is 3.30. The van der Waals surface area contributed by atoms with E-state index in [1.54, 1.807) is 6.07 Å².